The number of hydrogen-bond acceptors (Lipinski definition) is 4. The molecule has 0 saturated heterocycles. The molecule has 4 heteroatoms. The third kappa shape index (κ3) is 2.81. The molecule has 0 aliphatic heterocycles. The Morgan fingerprint density at radius 3 is 2.47 bits per heavy atom. The number of nitrogen functional groups attached to an aromatic ring is 1. The number of aromatic nitrogens is 2. The van der Waals surface area contributed by atoms with Crippen LogP contribution >= 0.6 is 0 Å². The first-order valence-electron chi connectivity index (χ1n) is 5.48. The fraction of sp³-hybridized carbons (Fsp3) is 0.636. The van der Waals surface area contributed by atoms with E-state index in [1.165, 1.54) is 0 Å². The topological polar surface area (TPSA) is 55.0 Å². The highest BCUT2D eigenvalue weighted by molar-refractivity contribution is 5.47. The summed E-state index contributed by atoms with van der Waals surface area (Å²) in [4.78, 5) is 10.9. The van der Waals surface area contributed by atoms with Gasteiger partial charge in [0.1, 0.15) is 17.5 Å². The van der Waals surface area contributed by atoms with Crippen molar-refractivity contribution in [3.63, 3.8) is 0 Å². The summed E-state index contributed by atoms with van der Waals surface area (Å²) < 4.78 is 0. The van der Waals surface area contributed by atoms with Gasteiger partial charge in [-0.25, -0.2) is 9.97 Å². The molecule has 1 rings (SSSR count). The number of hydrogen-bond donors (Lipinski definition) is 1. The average Bonchev–Trinajstić information content (AvgIpc) is 2.17. The summed E-state index contributed by atoms with van der Waals surface area (Å²) in [5.74, 6) is 2.29. The van der Waals surface area contributed by atoms with Gasteiger partial charge in [-0.05, 0) is 20.8 Å². The zero-order valence-corrected chi connectivity index (χ0v) is 9.99. The van der Waals surface area contributed by atoms with Gasteiger partial charge in [-0.1, -0.05) is 6.92 Å². The summed E-state index contributed by atoms with van der Waals surface area (Å²) in [5.41, 5.74) is 5.75. The highest BCUT2D eigenvalue weighted by Crippen LogP contribution is 2.16. The van der Waals surface area contributed by atoms with Crippen molar-refractivity contribution in [2.75, 3.05) is 17.2 Å². The predicted molar refractivity (Wildman–Crippen MR) is 64.0 cm³/mol. The van der Waals surface area contributed by atoms with Crippen LogP contribution in [-0.4, -0.2) is 22.6 Å². The minimum atomic E-state index is 0.425. The average molecular weight is 208 g/mol. The number of nitrogens with two attached hydrogens (primary N) is 1. The second-order valence-corrected chi connectivity index (χ2v) is 3.80. The van der Waals surface area contributed by atoms with Crippen molar-refractivity contribution >= 4 is 11.6 Å². The van der Waals surface area contributed by atoms with Crippen LogP contribution in [0.15, 0.2) is 6.07 Å². The Morgan fingerprint density at radius 1 is 1.33 bits per heavy atom. The van der Waals surface area contributed by atoms with E-state index in [1.54, 1.807) is 0 Å². The van der Waals surface area contributed by atoms with Crippen LogP contribution in [0.4, 0.5) is 11.6 Å². The summed E-state index contributed by atoms with van der Waals surface area (Å²) in [6.45, 7) is 9.37. The van der Waals surface area contributed by atoms with Crippen LogP contribution in [0.1, 0.15) is 33.5 Å². The Labute approximate surface area is 91.5 Å². The molecule has 1 aromatic heterocycles. The maximum atomic E-state index is 5.75. The van der Waals surface area contributed by atoms with Gasteiger partial charge in [0.2, 0.25) is 0 Å². The first kappa shape index (κ1) is 11.8. The van der Waals surface area contributed by atoms with Gasteiger partial charge in [0, 0.05) is 25.1 Å². The molecule has 0 atom stereocenters. The van der Waals surface area contributed by atoms with E-state index in [0.717, 1.165) is 24.6 Å². The largest absolute Gasteiger partial charge is 0.384 e. The Morgan fingerprint density at radius 2 is 2.00 bits per heavy atom. The van der Waals surface area contributed by atoms with E-state index in [1.807, 2.05) is 13.0 Å². The van der Waals surface area contributed by atoms with E-state index in [0.29, 0.717) is 11.9 Å². The van der Waals surface area contributed by atoms with Gasteiger partial charge >= 0.3 is 0 Å². The lowest BCUT2D eigenvalue weighted by molar-refractivity contribution is 0.688. The van der Waals surface area contributed by atoms with Crippen LogP contribution in [0, 0.1) is 0 Å². The van der Waals surface area contributed by atoms with Crippen molar-refractivity contribution in [3.8, 4) is 0 Å². The minimum Gasteiger partial charge on any atom is -0.384 e. The molecule has 0 radical (unpaired) electrons. The highest BCUT2D eigenvalue weighted by atomic mass is 15.2. The number of rotatable bonds is 4. The van der Waals surface area contributed by atoms with Gasteiger partial charge in [-0.2, -0.15) is 0 Å². The third-order valence-electron chi connectivity index (χ3n) is 2.35. The fourth-order valence-electron chi connectivity index (χ4n) is 1.60. The lowest BCUT2D eigenvalue weighted by Crippen LogP contribution is -2.31. The van der Waals surface area contributed by atoms with Crippen molar-refractivity contribution in [1.29, 1.82) is 0 Å². The van der Waals surface area contributed by atoms with E-state index >= 15 is 0 Å². The Balaban J connectivity index is 3.06. The van der Waals surface area contributed by atoms with Crippen molar-refractivity contribution in [2.24, 2.45) is 0 Å². The predicted octanol–water partition coefficient (Wildman–Crippen LogP) is 1.86. The van der Waals surface area contributed by atoms with Crippen LogP contribution < -0.4 is 10.6 Å². The molecular weight excluding hydrogens is 188 g/mol. The molecule has 0 saturated carbocycles. The van der Waals surface area contributed by atoms with Gasteiger partial charge in [0.15, 0.2) is 0 Å². The molecule has 0 fully saturated rings. The molecule has 4 nitrogen and oxygen atoms in total. The standard InChI is InChI=1S/C11H20N4/c1-5-10-13-9(12)7-11(14-10)15(6-2)8(3)4/h7-8H,5-6H2,1-4H3,(H2,12,13,14). The van der Waals surface area contributed by atoms with Crippen LogP contribution in [-0.2, 0) is 6.42 Å². The molecule has 0 amide bonds. The molecule has 15 heavy (non-hydrogen) atoms. The minimum absolute atomic E-state index is 0.425. The Kier molecular flexibility index (Phi) is 3.88. The SMILES string of the molecule is CCc1nc(N)cc(N(CC)C(C)C)n1. The molecular formula is C11H20N4. The number of aryl methyl sites for hydroxylation is 1. The van der Waals surface area contributed by atoms with Crippen LogP contribution in [0.2, 0.25) is 0 Å². The monoisotopic (exact) mass is 208 g/mol. The fourth-order valence-corrected chi connectivity index (χ4v) is 1.60. The van der Waals surface area contributed by atoms with E-state index in [2.05, 4.69) is 35.6 Å². The van der Waals surface area contributed by atoms with Crippen molar-refractivity contribution in [1.82, 2.24) is 9.97 Å². The van der Waals surface area contributed by atoms with Gasteiger partial charge in [-0.15, -0.1) is 0 Å². The van der Waals surface area contributed by atoms with Crippen LogP contribution in [0.25, 0.3) is 0 Å². The maximum Gasteiger partial charge on any atom is 0.134 e. The lowest BCUT2D eigenvalue weighted by Gasteiger charge is -2.26. The Hall–Kier alpha value is -1.32. The molecule has 84 valence electrons. The third-order valence-corrected chi connectivity index (χ3v) is 2.35. The molecule has 0 aliphatic carbocycles. The summed E-state index contributed by atoms with van der Waals surface area (Å²) >= 11 is 0. The maximum absolute atomic E-state index is 5.75. The van der Waals surface area contributed by atoms with Gasteiger partial charge < -0.3 is 10.6 Å². The highest BCUT2D eigenvalue weighted by Gasteiger charge is 2.11. The van der Waals surface area contributed by atoms with Gasteiger partial charge in [0.05, 0.1) is 0 Å². The summed E-state index contributed by atoms with van der Waals surface area (Å²) in [6, 6.07) is 2.26. The molecule has 0 bridgehead atoms. The quantitative estimate of drug-likeness (QED) is 0.820. The van der Waals surface area contributed by atoms with E-state index in [-0.39, 0.29) is 0 Å². The van der Waals surface area contributed by atoms with Gasteiger partial charge in [0.25, 0.3) is 0 Å². The first-order valence-corrected chi connectivity index (χ1v) is 5.48. The first-order chi connectivity index (χ1) is 7.08. The Bertz CT molecular complexity index is 322. The van der Waals surface area contributed by atoms with E-state index < -0.39 is 0 Å². The van der Waals surface area contributed by atoms with Crippen LogP contribution in [0.5, 0.6) is 0 Å². The normalized spacial score (nSPS) is 10.7. The van der Waals surface area contributed by atoms with Crippen molar-refractivity contribution in [3.05, 3.63) is 11.9 Å². The van der Waals surface area contributed by atoms with Gasteiger partial charge in [-0.3, -0.25) is 0 Å². The van der Waals surface area contributed by atoms with E-state index in [4.69, 9.17) is 5.73 Å². The number of anilines is 2. The zero-order chi connectivity index (χ0) is 11.4. The smallest absolute Gasteiger partial charge is 0.134 e. The lowest BCUT2D eigenvalue weighted by atomic mass is 10.3. The summed E-state index contributed by atoms with van der Waals surface area (Å²) in [5, 5.41) is 0. The second kappa shape index (κ2) is 4.96. The molecule has 2 N–H and O–H groups in total. The molecule has 0 aliphatic rings. The summed E-state index contributed by atoms with van der Waals surface area (Å²) in [7, 11) is 0. The van der Waals surface area contributed by atoms with Crippen molar-refractivity contribution < 1.29 is 0 Å². The molecule has 0 aromatic carbocycles. The molecule has 1 heterocycles. The molecule has 0 unspecified atom stereocenters. The molecule has 0 spiro atoms. The number of nitrogens with zero attached hydrogens (tertiary/aromatic N) is 3. The molecule has 1 aromatic rings. The van der Waals surface area contributed by atoms with Crippen LogP contribution in [0.3, 0.4) is 0 Å². The van der Waals surface area contributed by atoms with Crippen molar-refractivity contribution in [2.45, 2.75) is 40.2 Å². The summed E-state index contributed by atoms with van der Waals surface area (Å²) in [6.07, 6.45) is 0.813. The second-order valence-electron chi connectivity index (χ2n) is 3.80. The van der Waals surface area contributed by atoms with E-state index in [9.17, 15) is 0 Å². The zero-order valence-electron chi connectivity index (χ0n) is 9.99.